The van der Waals surface area contributed by atoms with Crippen molar-refractivity contribution >= 4 is 11.7 Å². The van der Waals surface area contributed by atoms with Crippen molar-refractivity contribution in [1.82, 2.24) is 9.88 Å². The molecule has 0 aliphatic heterocycles. The van der Waals surface area contributed by atoms with Crippen LogP contribution in [0.25, 0.3) is 0 Å². The first kappa shape index (κ1) is 10.5. The molecule has 0 saturated heterocycles. The van der Waals surface area contributed by atoms with Crippen LogP contribution in [0, 0.1) is 0 Å². The molecule has 0 saturated carbocycles. The number of anilines is 1. The summed E-state index contributed by atoms with van der Waals surface area (Å²) < 4.78 is 0. The van der Waals surface area contributed by atoms with Crippen LogP contribution in [0.1, 0.15) is 5.56 Å². The SMILES string of the molecule is CN(CC(N)=O)Cc1cccnc1N. The first-order valence-corrected chi connectivity index (χ1v) is 4.26. The first-order chi connectivity index (χ1) is 6.59. The van der Waals surface area contributed by atoms with Crippen LogP contribution in [0.2, 0.25) is 0 Å². The summed E-state index contributed by atoms with van der Waals surface area (Å²) in [6.45, 7) is 0.789. The summed E-state index contributed by atoms with van der Waals surface area (Å²) in [4.78, 5) is 16.4. The van der Waals surface area contributed by atoms with Crippen molar-refractivity contribution in [1.29, 1.82) is 0 Å². The second-order valence-corrected chi connectivity index (χ2v) is 3.19. The first-order valence-electron chi connectivity index (χ1n) is 4.26. The standard InChI is InChI=1S/C9H14N4O/c1-13(6-8(10)14)5-7-3-2-4-12-9(7)11/h2-4H,5-6H2,1H3,(H2,10,14)(H2,11,12). The molecule has 0 aromatic carbocycles. The van der Waals surface area contributed by atoms with Crippen molar-refractivity contribution < 1.29 is 4.79 Å². The molecule has 1 heterocycles. The van der Waals surface area contributed by atoms with Crippen molar-refractivity contribution in [2.24, 2.45) is 5.73 Å². The van der Waals surface area contributed by atoms with Gasteiger partial charge in [0.2, 0.25) is 5.91 Å². The van der Waals surface area contributed by atoms with Crippen LogP contribution in [0.3, 0.4) is 0 Å². The van der Waals surface area contributed by atoms with Crippen LogP contribution in [-0.2, 0) is 11.3 Å². The Morgan fingerprint density at radius 3 is 2.93 bits per heavy atom. The number of primary amides is 1. The highest BCUT2D eigenvalue weighted by Gasteiger charge is 2.05. The van der Waals surface area contributed by atoms with Gasteiger partial charge in [-0.05, 0) is 13.1 Å². The van der Waals surface area contributed by atoms with Crippen LogP contribution >= 0.6 is 0 Å². The van der Waals surface area contributed by atoms with Gasteiger partial charge in [-0.1, -0.05) is 6.07 Å². The maximum Gasteiger partial charge on any atom is 0.231 e. The lowest BCUT2D eigenvalue weighted by Crippen LogP contribution is -2.30. The van der Waals surface area contributed by atoms with Gasteiger partial charge in [0.1, 0.15) is 5.82 Å². The fourth-order valence-corrected chi connectivity index (χ4v) is 1.20. The van der Waals surface area contributed by atoms with Crippen LogP contribution in [0.5, 0.6) is 0 Å². The quantitative estimate of drug-likeness (QED) is 0.681. The minimum atomic E-state index is -0.352. The van der Waals surface area contributed by atoms with Gasteiger partial charge in [-0.15, -0.1) is 0 Å². The molecule has 0 fully saturated rings. The van der Waals surface area contributed by atoms with Crippen LogP contribution < -0.4 is 11.5 Å². The number of rotatable bonds is 4. The zero-order chi connectivity index (χ0) is 10.6. The molecule has 1 aromatic rings. The van der Waals surface area contributed by atoms with Crippen molar-refractivity contribution in [2.75, 3.05) is 19.3 Å². The van der Waals surface area contributed by atoms with E-state index in [9.17, 15) is 4.79 Å². The highest BCUT2D eigenvalue weighted by Crippen LogP contribution is 2.08. The van der Waals surface area contributed by atoms with E-state index in [2.05, 4.69) is 4.98 Å². The fourth-order valence-electron chi connectivity index (χ4n) is 1.20. The molecule has 0 atom stereocenters. The zero-order valence-corrected chi connectivity index (χ0v) is 8.10. The number of carbonyl (C=O) groups is 1. The maximum atomic E-state index is 10.6. The summed E-state index contributed by atoms with van der Waals surface area (Å²) in [5.41, 5.74) is 11.6. The molecule has 0 unspecified atom stereocenters. The molecule has 1 amide bonds. The molecule has 1 rings (SSSR count). The van der Waals surface area contributed by atoms with Crippen molar-refractivity contribution in [3.8, 4) is 0 Å². The smallest absolute Gasteiger partial charge is 0.231 e. The highest BCUT2D eigenvalue weighted by molar-refractivity contribution is 5.75. The fraction of sp³-hybridized carbons (Fsp3) is 0.333. The molecule has 0 aliphatic carbocycles. The minimum absolute atomic E-state index is 0.217. The van der Waals surface area contributed by atoms with Gasteiger partial charge in [0.15, 0.2) is 0 Å². The summed E-state index contributed by atoms with van der Waals surface area (Å²) >= 11 is 0. The molecular formula is C9H14N4O. The van der Waals surface area contributed by atoms with E-state index in [1.165, 1.54) is 0 Å². The van der Waals surface area contributed by atoms with Crippen LogP contribution in [0.15, 0.2) is 18.3 Å². The van der Waals surface area contributed by atoms with Gasteiger partial charge in [0.05, 0.1) is 6.54 Å². The minimum Gasteiger partial charge on any atom is -0.383 e. The Bertz CT molecular complexity index is 326. The number of nitrogens with two attached hydrogens (primary N) is 2. The van der Waals surface area contributed by atoms with Gasteiger partial charge in [-0.25, -0.2) is 4.98 Å². The Balaban J connectivity index is 2.60. The second-order valence-electron chi connectivity index (χ2n) is 3.19. The summed E-state index contributed by atoms with van der Waals surface area (Å²) in [7, 11) is 1.80. The van der Waals surface area contributed by atoms with E-state index >= 15 is 0 Å². The lowest BCUT2D eigenvalue weighted by Gasteiger charge is -2.14. The van der Waals surface area contributed by atoms with E-state index in [-0.39, 0.29) is 12.5 Å². The largest absolute Gasteiger partial charge is 0.383 e. The van der Waals surface area contributed by atoms with Gasteiger partial charge >= 0.3 is 0 Å². The molecule has 0 aliphatic rings. The number of nitrogen functional groups attached to an aromatic ring is 1. The van der Waals surface area contributed by atoms with E-state index < -0.39 is 0 Å². The predicted molar refractivity (Wildman–Crippen MR) is 54.2 cm³/mol. The van der Waals surface area contributed by atoms with Crippen molar-refractivity contribution in [3.63, 3.8) is 0 Å². The molecule has 4 N–H and O–H groups in total. The Labute approximate surface area is 82.7 Å². The van der Waals surface area contributed by atoms with E-state index in [1.807, 2.05) is 12.1 Å². The lowest BCUT2D eigenvalue weighted by atomic mass is 10.2. The molecule has 0 bridgehead atoms. The van der Waals surface area contributed by atoms with Gasteiger partial charge in [0, 0.05) is 18.3 Å². The number of amides is 1. The number of aromatic nitrogens is 1. The number of pyridine rings is 1. The monoisotopic (exact) mass is 194 g/mol. The Morgan fingerprint density at radius 2 is 2.36 bits per heavy atom. The average molecular weight is 194 g/mol. The van der Waals surface area contributed by atoms with Crippen LogP contribution in [0.4, 0.5) is 5.82 Å². The van der Waals surface area contributed by atoms with E-state index in [0.29, 0.717) is 12.4 Å². The third kappa shape index (κ3) is 3.02. The molecule has 14 heavy (non-hydrogen) atoms. The van der Waals surface area contributed by atoms with Gasteiger partial charge in [-0.3, -0.25) is 9.69 Å². The summed E-state index contributed by atoms with van der Waals surface area (Å²) in [6.07, 6.45) is 1.63. The number of hydrogen-bond donors (Lipinski definition) is 2. The molecule has 1 aromatic heterocycles. The summed E-state index contributed by atoms with van der Waals surface area (Å²) in [5.74, 6) is 0.138. The number of likely N-dealkylation sites (N-methyl/N-ethyl adjacent to an activating group) is 1. The second kappa shape index (κ2) is 4.57. The summed E-state index contributed by atoms with van der Waals surface area (Å²) in [6, 6.07) is 3.68. The number of hydrogen-bond acceptors (Lipinski definition) is 4. The van der Waals surface area contributed by atoms with Gasteiger partial charge < -0.3 is 11.5 Å². The van der Waals surface area contributed by atoms with E-state index in [0.717, 1.165) is 5.56 Å². The molecule has 0 radical (unpaired) electrons. The molecule has 5 nitrogen and oxygen atoms in total. The molecule has 5 heteroatoms. The number of nitrogens with zero attached hydrogens (tertiary/aromatic N) is 2. The van der Waals surface area contributed by atoms with Crippen LogP contribution in [-0.4, -0.2) is 29.4 Å². The topological polar surface area (TPSA) is 85.2 Å². The Morgan fingerprint density at radius 1 is 1.64 bits per heavy atom. The van der Waals surface area contributed by atoms with Crippen molar-refractivity contribution in [3.05, 3.63) is 23.9 Å². The third-order valence-electron chi connectivity index (χ3n) is 1.79. The number of carbonyl (C=O) groups excluding carboxylic acids is 1. The maximum absolute atomic E-state index is 10.6. The Kier molecular flexibility index (Phi) is 3.41. The zero-order valence-electron chi connectivity index (χ0n) is 8.10. The summed E-state index contributed by atoms with van der Waals surface area (Å²) in [5, 5.41) is 0. The molecular weight excluding hydrogens is 180 g/mol. The lowest BCUT2D eigenvalue weighted by molar-refractivity contribution is -0.118. The third-order valence-corrected chi connectivity index (χ3v) is 1.79. The van der Waals surface area contributed by atoms with Crippen molar-refractivity contribution in [2.45, 2.75) is 6.54 Å². The van der Waals surface area contributed by atoms with E-state index in [1.54, 1.807) is 18.1 Å². The molecule has 0 spiro atoms. The highest BCUT2D eigenvalue weighted by atomic mass is 16.1. The van der Waals surface area contributed by atoms with Gasteiger partial charge in [-0.2, -0.15) is 0 Å². The van der Waals surface area contributed by atoms with Gasteiger partial charge in [0.25, 0.3) is 0 Å². The average Bonchev–Trinajstić information content (AvgIpc) is 2.07. The van der Waals surface area contributed by atoms with E-state index in [4.69, 9.17) is 11.5 Å². The Hall–Kier alpha value is -1.62. The normalized spacial score (nSPS) is 10.4. The molecule has 76 valence electrons. The predicted octanol–water partition coefficient (Wildman–Crippen LogP) is -0.419.